The fourth-order valence-electron chi connectivity index (χ4n) is 1.94. The van der Waals surface area contributed by atoms with Crippen molar-refractivity contribution in [1.82, 2.24) is 10.2 Å². The zero-order valence-corrected chi connectivity index (χ0v) is 14.5. The maximum absolute atomic E-state index is 12.1. The van der Waals surface area contributed by atoms with Crippen molar-refractivity contribution in [2.75, 3.05) is 20.1 Å². The highest BCUT2D eigenvalue weighted by atomic mass is 35.5. The van der Waals surface area contributed by atoms with E-state index >= 15 is 0 Å². The number of hydrogen-bond donors (Lipinski definition) is 2. The monoisotopic (exact) mass is 384 g/mol. The molecule has 1 amide bonds. The molecule has 0 saturated carbocycles. The molecule has 0 aliphatic rings. The Balaban J connectivity index is 0.00000576. The molecule has 25 heavy (non-hydrogen) atoms. The number of nitrogens with zero attached hydrogens (tertiary/aromatic N) is 1. The lowest BCUT2D eigenvalue weighted by molar-refractivity contribution is -0.274. The van der Waals surface area contributed by atoms with Crippen LogP contribution in [-0.4, -0.2) is 48.4 Å². The van der Waals surface area contributed by atoms with Crippen molar-refractivity contribution in [3.05, 3.63) is 29.8 Å². The zero-order valence-electron chi connectivity index (χ0n) is 13.7. The number of hydrogen-bond acceptors (Lipinski definition) is 4. The van der Waals surface area contributed by atoms with E-state index in [2.05, 4.69) is 10.1 Å². The minimum atomic E-state index is -4.75. The Bertz CT molecular complexity index is 567. The molecule has 1 aromatic rings. The second kappa shape index (κ2) is 10.1. The van der Waals surface area contributed by atoms with Crippen molar-refractivity contribution in [2.24, 2.45) is 0 Å². The van der Waals surface area contributed by atoms with Gasteiger partial charge in [0.25, 0.3) is 0 Å². The summed E-state index contributed by atoms with van der Waals surface area (Å²) in [5.74, 6) is -1.60. The summed E-state index contributed by atoms with van der Waals surface area (Å²) >= 11 is 0. The number of alkyl halides is 3. The molecule has 2 N–H and O–H groups in total. The van der Waals surface area contributed by atoms with Crippen LogP contribution in [0.15, 0.2) is 24.3 Å². The van der Waals surface area contributed by atoms with Crippen LogP contribution in [0.5, 0.6) is 5.75 Å². The van der Waals surface area contributed by atoms with E-state index in [0.29, 0.717) is 5.56 Å². The maximum Gasteiger partial charge on any atom is 0.573 e. The minimum Gasteiger partial charge on any atom is -0.481 e. The van der Waals surface area contributed by atoms with E-state index in [1.807, 2.05) is 0 Å². The van der Waals surface area contributed by atoms with Crippen molar-refractivity contribution in [1.29, 1.82) is 0 Å². The van der Waals surface area contributed by atoms with E-state index in [0.717, 1.165) is 0 Å². The first-order chi connectivity index (χ1) is 11.1. The van der Waals surface area contributed by atoms with E-state index in [1.165, 1.54) is 24.3 Å². The summed E-state index contributed by atoms with van der Waals surface area (Å²) in [6.07, 6.45) is -4.82. The number of aliphatic carboxylic acids is 1. The zero-order chi connectivity index (χ0) is 18.3. The topological polar surface area (TPSA) is 78.9 Å². The van der Waals surface area contributed by atoms with E-state index in [-0.39, 0.29) is 43.6 Å². The summed E-state index contributed by atoms with van der Waals surface area (Å²) in [7, 11) is 1.62. The summed E-state index contributed by atoms with van der Waals surface area (Å²) < 4.78 is 40.0. The first-order valence-corrected chi connectivity index (χ1v) is 7.12. The first-order valence-electron chi connectivity index (χ1n) is 7.12. The molecular formula is C15H20ClF3N2O4. The predicted octanol–water partition coefficient (Wildman–Crippen LogP) is 2.59. The molecule has 1 rings (SSSR count). The molecule has 0 bridgehead atoms. The molecular weight excluding hydrogens is 365 g/mol. The number of benzene rings is 1. The average Bonchev–Trinajstić information content (AvgIpc) is 2.43. The standard InChI is InChI=1S/C15H19F3N2O4.ClH/c1-10(19-13(21)9-20(2)8-7-14(22)23)11-3-5-12(6-4-11)24-15(16,17)18;/h3-6,10H,7-9H2,1-2H3,(H,19,21)(H,22,23);1H. The Morgan fingerprint density at radius 2 is 1.84 bits per heavy atom. The van der Waals surface area contributed by atoms with Gasteiger partial charge in [-0.25, -0.2) is 0 Å². The number of likely N-dealkylation sites (N-methyl/N-ethyl adjacent to an activating group) is 1. The molecule has 0 aromatic heterocycles. The van der Waals surface area contributed by atoms with Crippen LogP contribution in [0.4, 0.5) is 13.2 Å². The third-order valence-electron chi connectivity index (χ3n) is 3.11. The smallest absolute Gasteiger partial charge is 0.481 e. The van der Waals surface area contributed by atoms with Crippen LogP contribution in [0, 0.1) is 0 Å². The van der Waals surface area contributed by atoms with E-state index < -0.39 is 18.4 Å². The average molecular weight is 385 g/mol. The fourth-order valence-corrected chi connectivity index (χ4v) is 1.94. The number of carbonyl (C=O) groups excluding carboxylic acids is 1. The lowest BCUT2D eigenvalue weighted by Crippen LogP contribution is -2.37. The van der Waals surface area contributed by atoms with Crippen molar-refractivity contribution in [3.63, 3.8) is 0 Å². The Morgan fingerprint density at radius 3 is 2.32 bits per heavy atom. The summed E-state index contributed by atoms with van der Waals surface area (Å²) in [4.78, 5) is 23.9. The van der Waals surface area contributed by atoms with Crippen molar-refractivity contribution >= 4 is 24.3 Å². The first kappa shape index (κ1) is 23.0. The minimum absolute atomic E-state index is 0. The normalized spacial score (nSPS) is 12.2. The van der Waals surface area contributed by atoms with Crippen molar-refractivity contribution in [2.45, 2.75) is 25.7 Å². The lowest BCUT2D eigenvalue weighted by atomic mass is 10.1. The fraction of sp³-hybridized carbons (Fsp3) is 0.467. The molecule has 0 spiro atoms. The molecule has 0 aliphatic heterocycles. The van der Waals surface area contributed by atoms with Crippen LogP contribution in [0.1, 0.15) is 24.9 Å². The summed E-state index contributed by atoms with van der Waals surface area (Å²) in [6, 6.07) is 4.79. The van der Waals surface area contributed by atoms with Gasteiger partial charge in [-0.2, -0.15) is 0 Å². The second-order valence-electron chi connectivity index (χ2n) is 5.29. The quantitative estimate of drug-likeness (QED) is 0.720. The Morgan fingerprint density at radius 1 is 1.28 bits per heavy atom. The van der Waals surface area contributed by atoms with Crippen LogP contribution in [0.25, 0.3) is 0 Å². The number of ether oxygens (including phenoxy) is 1. The van der Waals surface area contributed by atoms with Gasteiger partial charge in [-0.15, -0.1) is 25.6 Å². The maximum atomic E-state index is 12.1. The van der Waals surface area contributed by atoms with Crippen LogP contribution in [0.3, 0.4) is 0 Å². The third-order valence-corrected chi connectivity index (χ3v) is 3.11. The highest BCUT2D eigenvalue weighted by Gasteiger charge is 2.31. The highest BCUT2D eigenvalue weighted by Crippen LogP contribution is 2.24. The molecule has 142 valence electrons. The second-order valence-corrected chi connectivity index (χ2v) is 5.29. The number of halogens is 4. The van der Waals surface area contributed by atoms with Gasteiger partial charge in [-0.1, -0.05) is 12.1 Å². The molecule has 0 radical (unpaired) electrons. The van der Waals surface area contributed by atoms with Crippen LogP contribution >= 0.6 is 12.4 Å². The van der Waals surface area contributed by atoms with Crippen LogP contribution < -0.4 is 10.1 Å². The van der Waals surface area contributed by atoms with Gasteiger partial charge in [-0.3, -0.25) is 14.5 Å². The molecule has 1 unspecified atom stereocenters. The number of amides is 1. The van der Waals surface area contributed by atoms with Crippen LogP contribution in [0.2, 0.25) is 0 Å². The molecule has 0 aliphatic carbocycles. The van der Waals surface area contributed by atoms with E-state index in [4.69, 9.17) is 5.11 Å². The number of rotatable bonds is 8. The molecule has 0 fully saturated rings. The van der Waals surface area contributed by atoms with Gasteiger partial charge in [-0.05, 0) is 31.7 Å². The molecule has 6 nitrogen and oxygen atoms in total. The number of nitrogens with one attached hydrogen (secondary N) is 1. The number of carboxylic acids is 1. The highest BCUT2D eigenvalue weighted by molar-refractivity contribution is 5.85. The largest absolute Gasteiger partial charge is 0.573 e. The number of carbonyl (C=O) groups is 2. The van der Waals surface area contributed by atoms with Gasteiger partial charge in [0.15, 0.2) is 0 Å². The van der Waals surface area contributed by atoms with Gasteiger partial charge >= 0.3 is 12.3 Å². The Kier molecular flexibility index (Phi) is 9.29. The van der Waals surface area contributed by atoms with E-state index in [1.54, 1.807) is 18.9 Å². The molecule has 10 heteroatoms. The van der Waals surface area contributed by atoms with Crippen molar-refractivity contribution < 1.29 is 32.6 Å². The van der Waals surface area contributed by atoms with Gasteiger partial charge in [0.05, 0.1) is 19.0 Å². The summed E-state index contributed by atoms with van der Waals surface area (Å²) in [5.41, 5.74) is 0.617. The molecule has 1 aromatic carbocycles. The van der Waals surface area contributed by atoms with Crippen LogP contribution in [-0.2, 0) is 9.59 Å². The Hall–Kier alpha value is -2.00. The van der Waals surface area contributed by atoms with Gasteiger partial charge < -0.3 is 15.2 Å². The number of carboxylic acid groups (broad SMARTS) is 1. The molecule has 0 saturated heterocycles. The predicted molar refractivity (Wildman–Crippen MR) is 86.7 cm³/mol. The summed E-state index contributed by atoms with van der Waals surface area (Å²) in [5, 5.41) is 11.3. The van der Waals surface area contributed by atoms with Gasteiger partial charge in [0.1, 0.15) is 5.75 Å². The molecule has 1 atom stereocenters. The van der Waals surface area contributed by atoms with E-state index in [9.17, 15) is 22.8 Å². The lowest BCUT2D eigenvalue weighted by Gasteiger charge is -2.19. The third kappa shape index (κ3) is 9.78. The van der Waals surface area contributed by atoms with Gasteiger partial charge in [0, 0.05) is 6.54 Å². The SMILES string of the molecule is CC(NC(=O)CN(C)CCC(=O)O)c1ccc(OC(F)(F)F)cc1.Cl. The summed E-state index contributed by atoms with van der Waals surface area (Å²) in [6.45, 7) is 1.95. The van der Waals surface area contributed by atoms with Crippen molar-refractivity contribution in [3.8, 4) is 5.75 Å². The molecule has 0 heterocycles. The Labute approximate surface area is 149 Å². The van der Waals surface area contributed by atoms with Gasteiger partial charge in [0.2, 0.25) is 5.91 Å².